The van der Waals surface area contributed by atoms with Gasteiger partial charge in [0.2, 0.25) is 17.7 Å². The van der Waals surface area contributed by atoms with Gasteiger partial charge >= 0.3 is 0 Å². The van der Waals surface area contributed by atoms with Gasteiger partial charge in [0, 0.05) is 18.7 Å². The fraction of sp³-hybridized carbons (Fsp3) is 0.500. The Hall–Kier alpha value is -2.43. The van der Waals surface area contributed by atoms with Crippen LogP contribution in [-0.2, 0) is 14.4 Å². The van der Waals surface area contributed by atoms with Crippen LogP contribution in [-0.4, -0.2) is 29.2 Å². The molecular formula is C22H24N2O3. The zero-order chi connectivity index (χ0) is 18.9. The molecule has 0 unspecified atom stereocenters. The van der Waals surface area contributed by atoms with E-state index in [9.17, 15) is 14.4 Å². The Morgan fingerprint density at radius 2 is 1.70 bits per heavy atom. The first-order valence-corrected chi connectivity index (χ1v) is 9.86. The minimum atomic E-state index is -0.182. The van der Waals surface area contributed by atoms with Crippen molar-refractivity contribution in [2.45, 2.75) is 26.7 Å². The Morgan fingerprint density at radius 1 is 1.07 bits per heavy atom. The first kappa shape index (κ1) is 16.7. The Bertz CT molecular complexity index is 854. The van der Waals surface area contributed by atoms with Crippen molar-refractivity contribution in [3.8, 4) is 0 Å². The molecule has 0 aromatic heterocycles. The number of rotatable bonds is 4. The third-order valence-corrected chi connectivity index (χ3v) is 6.98. The zero-order valence-corrected chi connectivity index (χ0v) is 15.6. The molecule has 5 aliphatic rings. The predicted octanol–water partition coefficient (Wildman–Crippen LogP) is 2.69. The minimum absolute atomic E-state index is 0.0609. The molecule has 1 saturated heterocycles. The molecule has 6 rings (SSSR count). The highest BCUT2D eigenvalue weighted by molar-refractivity contribution is 6.06. The van der Waals surface area contributed by atoms with E-state index in [1.807, 2.05) is 32.0 Å². The Balaban J connectivity index is 1.26. The summed E-state index contributed by atoms with van der Waals surface area (Å²) in [7, 11) is 0. The maximum atomic E-state index is 12.9. The number of allylic oxidation sites excluding steroid dienone is 2. The zero-order valence-electron chi connectivity index (χ0n) is 15.6. The van der Waals surface area contributed by atoms with Crippen LogP contribution in [0.3, 0.4) is 0 Å². The number of hydrogen-bond acceptors (Lipinski definition) is 3. The molecule has 3 fully saturated rings. The number of benzene rings is 1. The van der Waals surface area contributed by atoms with Crippen LogP contribution in [0.2, 0.25) is 0 Å². The number of carbonyl (C=O) groups is 3. The van der Waals surface area contributed by atoms with Crippen LogP contribution in [0.4, 0.5) is 5.69 Å². The normalized spacial score (nSPS) is 35.3. The lowest BCUT2D eigenvalue weighted by atomic mass is 9.63. The number of anilines is 1. The van der Waals surface area contributed by atoms with Crippen molar-refractivity contribution >= 4 is 23.4 Å². The van der Waals surface area contributed by atoms with Crippen LogP contribution in [0.1, 0.15) is 24.0 Å². The summed E-state index contributed by atoms with van der Waals surface area (Å²) in [6.45, 7) is 4.10. The smallest absolute Gasteiger partial charge is 0.233 e. The Labute approximate surface area is 158 Å². The quantitative estimate of drug-likeness (QED) is 0.660. The lowest BCUT2D eigenvalue weighted by molar-refractivity contribution is -0.140. The molecule has 5 nitrogen and oxygen atoms in total. The van der Waals surface area contributed by atoms with Crippen molar-refractivity contribution < 1.29 is 14.4 Å². The fourth-order valence-corrected chi connectivity index (χ4v) is 5.54. The largest absolute Gasteiger partial charge is 0.326 e. The van der Waals surface area contributed by atoms with Gasteiger partial charge < -0.3 is 5.32 Å². The van der Waals surface area contributed by atoms with Crippen molar-refractivity contribution in [2.24, 2.45) is 35.5 Å². The summed E-state index contributed by atoms with van der Waals surface area (Å²) >= 11 is 0. The number of aryl methyl sites for hydroxylation is 2. The number of hydrogen-bond donors (Lipinski definition) is 1. The molecule has 1 aliphatic heterocycles. The number of likely N-dealkylation sites (tertiary alicyclic amines) is 1. The number of amides is 3. The van der Waals surface area contributed by atoms with Crippen LogP contribution in [0.5, 0.6) is 0 Å². The predicted molar refractivity (Wildman–Crippen MR) is 101 cm³/mol. The number of nitrogens with one attached hydrogen (secondary N) is 1. The van der Waals surface area contributed by atoms with E-state index >= 15 is 0 Å². The van der Waals surface area contributed by atoms with Crippen LogP contribution in [0.25, 0.3) is 0 Å². The molecule has 3 amide bonds. The molecule has 4 aliphatic carbocycles. The van der Waals surface area contributed by atoms with E-state index in [0.717, 1.165) is 23.2 Å². The van der Waals surface area contributed by atoms with E-state index in [1.165, 1.54) is 4.90 Å². The van der Waals surface area contributed by atoms with Crippen LogP contribution < -0.4 is 5.32 Å². The third-order valence-electron chi connectivity index (χ3n) is 6.98. The van der Waals surface area contributed by atoms with Crippen molar-refractivity contribution in [3.63, 3.8) is 0 Å². The van der Waals surface area contributed by atoms with Crippen molar-refractivity contribution in [3.05, 3.63) is 41.5 Å². The number of imide groups is 1. The van der Waals surface area contributed by atoms with Gasteiger partial charge in [-0.2, -0.15) is 0 Å². The van der Waals surface area contributed by atoms with Gasteiger partial charge in [-0.25, -0.2) is 0 Å². The summed E-state index contributed by atoms with van der Waals surface area (Å²) in [6.07, 6.45) is 5.64. The summed E-state index contributed by atoms with van der Waals surface area (Å²) in [5, 5.41) is 2.91. The summed E-state index contributed by atoms with van der Waals surface area (Å²) in [5.41, 5.74) is 2.86. The standard InChI is InChI=1S/C22H24N2O3/c1-11-3-4-12(2)17(9-11)23-18(25)7-8-24-21(26)19-13-5-6-14(16-10-15(13)16)20(19)22(24)27/h3-6,9,13-16,19-20H,7-8,10H2,1-2H3,(H,23,25)/t13-,14-,15-,16+,19-,20+/m0/s1. The molecule has 0 radical (unpaired) electrons. The Morgan fingerprint density at radius 3 is 2.33 bits per heavy atom. The maximum Gasteiger partial charge on any atom is 0.233 e. The van der Waals surface area contributed by atoms with Gasteiger partial charge in [0.15, 0.2) is 0 Å². The van der Waals surface area contributed by atoms with Gasteiger partial charge in [-0.1, -0.05) is 24.3 Å². The van der Waals surface area contributed by atoms with Crippen LogP contribution in [0.15, 0.2) is 30.4 Å². The molecule has 2 bridgehead atoms. The molecule has 6 atom stereocenters. The highest BCUT2D eigenvalue weighted by Gasteiger charge is 2.66. The van der Waals surface area contributed by atoms with E-state index in [4.69, 9.17) is 0 Å². The molecular weight excluding hydrogens is 340 g/mol. The van der Waals surface area contributed by atoms with Gasteiger partial charge in [0.25, 0.3) is 0 Å². The number of carbonyl (C=O) groups excluding carboxylic acids is 3. The lowest BCUT2D eigenvalue weighted by Crippen LogP contribution is -2.40. The summed E-state index contributed by atoms with van der Waals surface area (Å²) in [4.78, 5) is 39.6. The maximum absolute atomic E-state index is 12.9. The molecule has 27 heavy (non-hydrogen) atoms. The third kappa shape index (κ3) is 2.47. The molecule has 1 N–H and O–H groups in total. The first-order valence-electron chi connectivity index (χ1n) is 9.86. The summed E-state index contributed by atoms with van der Waals surface area (Å²) in [5.74, 6) is 1.02. The van der Waals surface area contributed by atoms with Crippen molar-refractivity contribution in [1.82, 2.24) is 4.90 Å². The van der Waals surface area contributed by atoms with Crippen molar-refractivity contribution in [2.75, 3.05) is 11.9 Å². The average Bonchev–Trinajstić information content (AvgIpc) is 3.42. The van der Waals surface area contributed by atoms with Gasteiger partial charge in [-0.15, -0.1) is 0 Å². The van der Waals surface area contributed by atoms with Gasteiger partial charge in [-0.05, 0) is 61.1 Å². The molecule has 1 heterocycles. The van der Waals surface area contributed by atoms with Crippen LogP contribution in [0, 0.1) is 49.4 Å². The van der Waals surface area contributed by atoms with E-state index in [1.54, 1.807) is 0 Å². The fourth-order valence-electron chi connectivity index (χ4n) is 5.54. The lowest BCUT2D eigenvalue weighted by Gasteiger charge is -2.37. The molecule has 140 valence electrons. The summed E-state index contributed by atoms with van der Waals surface area (Å²) in [6, 6.07) is 5.90. The topological polar surface area (TPSA) is 66.5 Å². The number of nitrogens with zero attached hydrogens (tertiary/aromatic N) is 1. The molecule has 2 saturated carbocycles. The van der Waals surface area contributed by atoms with Crippen LogP contribution >= 0.6 is 0 Å². The van der Waals surface area contributed by atoms with Gasteiger partial charge in [0.05, 0.1) is 11.8 Å². The van der Waals surface area contributed by atoms with Crippen molar-refractivity contribution in [1.29, 1.82) is 0 Å². The first-order chi connectivity index (χ1) is 13.0. The molecule has 1 aromatic rings. The molecule has 0 spiro atoms. The van der Waals surface area contributed by atoms with Gasteiger partial charge in [0.1, 0.15) is 0 Å². The summed E-state index contributed by atoms with van der Waals surface area (Å²) < 4.78 is 0. The van der Waals surface area contributed by atoms with E-state index < -0.39 is 0 Å². The molecule has 5 heteroatoms. The second-order valence-corrected chi connectivity index (χ2v) is 8.60. The van der Waals surface area contributed by atoms with E-state index in [2.05, 4.69) is 17.5 Å². The van der Waals surface area contributed by atoms with E-state index in [0.29, 0.717) is 11.8 Å². The average molecular weight is 364 g/mol. The highest BCUT2D eigenvalue weighted by atomic mass is 16.2. The molecule has 1 aromatic carbocycles. The second-order valence-electron chi connectivity index (χ2n) is 8.60. The highest BCUT2D eigenvalue weighted by Crippen LogP contribution is 2.65. The Kier molecular flexibility index (Phi) is 3.58. The SMILES string of the molecule is Cc1ccc(C)c(NC(=O)CCN2C(=O)[C@@H]3[C@H]4C=C[C@@H]([C@@H]5C[C@H]45)[C@@H]3C2=O)c1. The van der Waals surface area contributed by atoms with Gasteiger partial charge in [-0.3, -0.25) is 19.3 Å². The monoisotopic (exact) mass is 364 g/mol. The minimum Gasteiger partial charge on any atom is -0.326 e. The second kappa shape index (κ2) is 5.78. The van der Waals surface area contributed by atoms with E-state index in [-0.39, 0.29) is 54.4 Å².